The average Bonchev–Trinajstić information content (AvgIpc) is 3.69. The Morgan fingerprint density at radius 3 is 1.84 bits per heavy atom. The van der Waals surface area contributed by atoms with Crippen LogP contribution < -0.4 is 24.0 Å². The van der Waals surface area contributed by atoms with Crippen molar-refractivity contribution >= 4 is 35.0 Å². The first-order valence-corrected chi connectivity index (χ1v) is 22.6. The van der Waals surface area contributed by atoms with Crippen molar-refractivity contribution in [2.75, 3.05) is 59.4 Å². The van der Waals surface area contributed by atoms with Crippen molar-refractivity contribution in [3.05, 3.63) is 70.8 Å². The highest BCUT2D eigenvalue weighted by molar-refractivity contribution is 7.86. The molecular formula is C40H52N3O11PS. The first-order valence-electron chi connectivity index (χ1n) is 19.0. The highest BCUT2D eigenvalue weighted by Crippen LogP contribution is 2.44. The van der Waals surface area contributed by atoms with E-state index in [2.05, 4.69) is 25.2 Å². The molecule has 304 valence electrons. The van der Waals surface area contributed by atoms with Gasteiger partial charge in [-0.1, -0.05) is 38.2 Å². The maximum absolute atomic E-state index is 14.4. The summed E-state index contributed by atoms with van der Waals surface area (Å²) in [7, 11) is -4.87. The molecule has 6 rings (SSSR count). The lowest BCUT2D eigenvalue weighted by Crippen LogP contribution is -2.44. The molecule has 0 spiro atoms. The van der Waals surface area contributed by atoms with Crippen molar-refractivity contribution in [2.45, 2.75) is 69.7 Å². The lowest BCUT2D eigenvalue weighted by atomic mass is 9.91. The van der Waals surface area contributed by atoms with Gasteiger partial charge in [-0.2, -0.15) is 8.42 Å². The van der Waals surface area contributed by atoms with Gasteiger partial charge >= 0.3 is 0 Å². The van der Waals surface area contributed by atoms with Crippen LogP contribution in [-0.4, -0.2) is 117 Å². The van der Waals surface area contributed by atoms with E-state index in [-0.39, 0.29) is 98.6 Å². The van der Waals surface area contributed by atoms with Gasteiger partial charge in [0, 0.05) is 62.0 Å². The van der Waals surface area contributed by atoms with Crippen LogP contribution in [0.15, 0.2) is 48.6 Å². The molecule has 14 nitrogen and oxygen atoms in total. The summed E-state index contributed by atoms with van der Waals surface area (Å²) in [6.45, 7) is 12.8. The monoisotopic (exact) mass is 813 g/mol. The van der Waals surface area contributed by atoms with Gasteiger partial charge in [0.2, 0.25) is 0 Å². The Morgan fingerprint density at radius 2 is 1.34 bits per heavy atom. The summed E-state index contributed by atoms with van der Waals surface area (Å²) >= 11 is 0. The molecule has 56 heavy (non-hydrogen) atoms. The number of rotatable bonds is 16. The molecule has 4 heterocycles. The van der Waals surface area contributed by atoms with Gasteiger partial charge < -0.3 is 33.3 Å². The number of amides is 2. The van der Waals surface area contributed by atoms with Crippen molar-refractivity contribution in [1.82, 2.24) is 14.9 Å². The minimum absolute atomic E-state index is 0.0251. The van der Waals surface area contributed by atoms with Crippen molar-refractivity contribution in [3.8, 4) is 23.0 Å². The summed E-state index contributed by atoms with van der Waals surface area (Å²) in [5.74, 6) is 1.03. The summed E-state index contributed by atoms with van der Waals surface area (Å²) in [6, 6.07) is 5.91. The Hall–Kier alpha value is -4.17. The number of Topliss-reactive ketones (excluding diaryl/α,β-unsaturated/α-hetero) is 1. The van der Waals surface area contributed by atoms with Crippen LogP contribution in [0.25, 0.3) is 0 Å². The van der Waals surface area contributed by atoms with E-state index < -0.39 is 34.6 Å². The fourth-order valence-electron chi connectivity index (χ4n) is 8.33. The normalized spacial score (nSPS) is 23.0. The summed E-state index contributed by atoms with van der Waals surface area (Å²) in [5.41, 5.74) is 3.78. The van der Waals surface area contributed by atoms with Gasteiger partial charge in [0.1, 0.15) is 11.0 Å². The van der Waals surface area contributed by atoms with Crippen LogP contribution in [0.3, 0.4) is 0 Å². The molecule has 16 heteroatoms. The fourth-order valence-corrected chi connectivity index (χ4v) is 11.2. The largest absolute Gasteiger partial charge is 0.493 e. The minimum atomic E-state index is -4.54. The van der Waals surface area contributed by atoms with Crippen LogP contribution in [0.1, 0.15) is 71.4 Å². The van der Waals surface area contributed by atoms with Crippen molar-refractivity contribution in [3.63, 3.8) is 0 Å². The molecule has 2 aromatic rings. The number of hydrogen-bond acceptors (Lipinski definition) is 10. The van der Waals surface area contributed by atoms with Crippen LogP contribution in [0.4, 0.5) is 0 Å². The molecule has 0 bridgehead atoms. The van der Waals surface area contributed by atoms with Gasteiger partial charge in [-0.05, 0) is 67.0 Å². The predicted octanol–water partition coefficient (Wildman–Crippen LogP) is 4.94. The summed E-state index contributed by atoms with van der Waals surface area (Å²) in [6.07, 6.45) is 2.25. The third-order valence-corrected chi connectivity index (χ3v) is 15.3. The van der Waals surface area contributed by atoms with Crippen LogP contribution in [0, 0.1) is 5.92 Å². The maximum Gasteiger partial charge on any atom is 0.270 e. The number of fused-ring (bicyclic) bond motifs is 4. The second-order valence-electron chi connectivity index (χ2n) is 15.3. The molecule has 4 aliphatic rings. The quantitative estimate of drug-likeness (QED) is 0.133. The van der Waals surface area contributed by atoms with Gasteiger partial charge in [0.25, 0.3) is 21.9 Å². The Bertz CT molecular complexity index is 2090. The molecule has 5 atom stereocenters. The van der Waals surface area contributed by atoms with E-state index in [4.69, 9.17) is 18.9 Å². The summed E-state index contributed by atoms with van der Waals surface area (Å²) < 4.78 is 73.3. The van der Waals surface area contributed by atoms with E-state index in [1.54, 1.807) is 19.1 Å². The first kappa shape index (κ1) is 41.5. The van der Waals surface area contributed by atoms with E-state index in [1.165, 1.54) is 25.2 Å². The molecule has 2 aromatic carbocycles. The molecule has 2 saturated heterocycles. The average molecular weight is 814 g/mol. The van der Waals surface area contributed by atoms with Crippen LogP contribution >= 0.6 is 7.29 Å². The van der Waals surface area contributed by atoms with Gasteiger partial charge in [0.05, 0.1) is 33.5 Å². The zero-order valence-corrected chi connectivity index (χ0v) is 34.2. The Kier molecular flexibility index (Phi) is 12.4. The van der Waals surface area contributed by atoms with E-state index in [0.29, 0.717) is 47.6 Å². The van der Waals surface area contributed by atoms with Crippen molar-refractivity contribution in [2.24, 2.45) is 5.92 Å². The third-order valence-electron chi connectivity index (χ3n) is 11.4. The van der Waals surface area contributed by atoms with E-state index >= 15 is 0 Å². The highest BCUT2D eigenvalue weighted by Gasteiger charge is 2.46. The molecule has 0 radical (unpaired) electrons. The molecule has 2 amide bonds. The van der Waals surface area contributed by atoms with E-state index in [9.17, 15) is 31.9 Å². The number of hydrogen-bond donors (Lipinski definition) is 2. The third kappa shape index (κ3) is 8.70. The van der Waals surface area contributed by atoms with Gasteiger partial charge in [-0.15, -0.1) is 0 Å². The van der Waals surface area contributed by atoms with Crippen molar-refractivity contribution in [1.29, 1.82) is 0 Å². The number of carbonyl (C=O) groups is 3. The number of methoxy groups -OCH3 is 2. The fraction of sp³-hybridized carbons (Fsp3) is 0.525. The second-order valence-corrected chi connectivity index (χ2v) is 19.9. The van der Waals surface area contributed by atoms with E-state index in [0.717, 1.165) is 17.6 Å². The molecule has 3 unspecified atom stereocenters. The molecular weight excluding hydrogens is 761 g/mol. The maximum atomic E-state index is 14.4. The SMILES string of the molecule is C=C1C[C@H]2C(C)Cc3cc(OCCP(=O)(CCOc4cc5c(cc4OC)C(=O)N4CC(=C)C[C@H]4C(S(=O)(=O)O)C5)NCCC(=O)CC)c(OC)cc3C(=O)N2C1. The zero-order valence-electron chi connectivity index (χ0n) is 32.5. The second kappa shape index (κ2) is 16.7. The number of nitrogens with one attached hydrogen (secondary N) is 1. The van der Waals surface area contributed by atoms with E-state index in [1.807, 2.05) is 11.0 Å². The van der Waals surface area contributed by atoms with Crippen LogP contribution in [-0.2, 0) is 32.3 Å². The molecule has 0 saturated carbocycles. The Labute approximate surface area is 328 Å². The zero-order chi connectivity index (χ0) is 40.5. The number of benzene rings is 2. The number of ether oxygens (including phenoxy) is 4. The standard InChI is InChI=1S/C40H52N3O11PS/c1-7-29(44)8-9-41-55(47,12-10-53-36-17-27-16-26(4)32-14-24(2)22-42(32)39(45)30(27)20-34(36)51-5)13-11-54-37-18-28-19-38(56(48,49)50)33-15-25(3)23-43(33)40(46)31(28)21-35(37)52-6/h17-18,20-21,26,32-33,38H,2-3,7-16,19,22-23H2,1,4-6H3,(H,41,47)(H,48,49,50)/t26?,32-,33-,38?,55?/m0/s1. The molecule has 0 aliphatic carbocycles. The lowest BCUT2D eigenvalue weighted by molar-refractivity contribution is -0.118. The number of ketones is 1. The summed E-state index contributed by atoms with van der Waals surface area (Å²) in [5, 5.41) is 1.84. The Balaban J connectivity index is 1.18. The topological polar surface area (TPSA) is 178 Å². The molecule has 4 aliphatic heterocycles. The molecule has 2 N–H and O–H groups in total. The first-order chi connectivity index (χ1) is 26.5. The molecule has 2 fully saturated rings. The highest BCUT2D eigenvalue weighted by atomic mass is 32.2. The van der Waals surface area contributed by atoms with Crippen molar-refractivity contribution < 1.29 is 50.9 Å². The van der Waals surface area contributed by atoms with Gasteiger partial charge in [-0.25, -0.2) is 0 Å². The van der Waals surface area contributed by atoms with Crippen LogP contribution in [0.5, 0.6) is 23.0 Å². The van der Waals surface area contributed by atoms with Gasteiger partial charge in [0.15, 0.2) is 30.3 Å². The van der Waals surface area contributed by atoms with Crippen LogP contribution in [0.2, 0.25) is 0 Å². The van der Waals surface area contributed by atoms with Gasteiger partial charge in [-0.3, -0.25) is 24.0 Å². The predicted molar refractivity (Wildman–Crippen MR) is 211 cm³/mol. The summed E-state index contributed by atoms with van der Waals surface area (Å²) in [4.78, 5) is 42.7. The lowest BCUT2D eigenvalue weighted by Gasteiger charge is -2.26. The molecule has 0 aromatic heterocycles. The number of nitrogens with zero attached hydrogens (tertiary/aromatic N) is 2. The number of carbonyl (C=O) groups excluding carboxylic acids is 3. The smallest absolute Gasteiger partial charge is 0.270 e. The Morgan fingerprint density at radius 1 is 0.839 bits per heavy atom. The minimum Gasteiger partial charge on any atom is -0.493 e.